The van der Waals surface area contributed by atoms with Gasteiger partial charge in [-0.3, -0.25) is 4.79 Å². The van der Waals surface area contributed by atoms with E-state index < -0.39 is 11.9 Å². The molecule has 6 heteroatoms. The van der Waals surface area contributed by atoms with E-state index in [2.05, 4.69) is 5.32 Å². The molecule has 1 aliphatic heterocycles. The van der Waals surface area contributed by atoms with Crippen LogP contribution >= 0.6 is 0 Å². The molecule has 1 aliphatic rings. The van der Waals surface area contributed by atoms with Crippen molar-refractivity contribution in [3.05, 3.63) is 0 Å². The Balaban J connectivity index is 2.21. The molecule has 88 valence electrons. The van der Waals surface area contributed by atoms with E-state index in [1.807, 2.05) is 0 Å². The molecule has 0 amide bonds. The van der Waals surface area contributed by atoms with Crippen molar-refractivity contribution < 1.29 is 18.7 Å². The summed E-state index contributed by atoms with van der Waals surface area (Å²) in [6.45, 7) is 0.576. The molecule has 1 rings (SSSR count). The van der Waals surface area contributed by atoms with Crippen molar-refractivity contribution in [3.8, 4) is 0 Å². The summed E-state index contributed by atoms with van der Waals surface area (Å²) < 4.78 is 25.6. The van der Waals surface area contributed by atoms with E-state index in [1.54, 1.807) is 11.9 Å². The maximum atomic E-state index is 12.8. The zero-order chi connectivity index (χ0) is 11.5. The van der Waals surface area contributed by atoms with Gasteiger partial charge < -0.3 is 15.3 Å². The zero-order valence-electron chi connectivity index (χ0n) is 8.67. The molecule has 1 heterocycles. The quantitative estimate of drug-likeness (QED) is 0.706. The van der Waals surface area contributed by atoms with Crippen LogP contribution < -0.4 is 5.32 Å². The van der Waals surface area contributed by atoms with Crippen LogP contribution in [0, 0.1) is 0 Å². The topological polar surface area (TPSA) is 52.6 Å². The van der Waals surface area contributed by atoms with Crippen LogP contribution in [0.5, 0.6) is 0 Å². The molecule has 0 bridgehead atoms. The van der Waals surface area contributed by atoms with Crippen LogP contribution in [0.1, 0.15) is 12.8 Å². The molecule has 0 spiro atoms. The molecule has 0 saturated carbocycles. The Labute approximate surface area is 87.2 Å². The van der Waals surface area contributed by atoms with Crippen molar-refractivity contribution in [2.24, 2.45) is 0 Å². The number of carboxylic acid groups (broad SMARTS) is 1. The SMILES string of the molecule is CN(CCC(=O)O)CC1CC(F)(F)CN1. The first-order valence-corrected chi connectivity index (χ1v) is 4.90. The first kappa shape index (κ1) is 12.3. The average molecular weight is 222 g/mol. The van der Waals surface area contributed by atoms with Crippen molar-refractivity contribution in [1.29, 1.82) is 0 Å². The summed E-state index contributed by atoms with van der Waals surface area (Å²) in [7, 11) is 1.74. The molecule has 0 aliphatic carbocycles. The number of rotatable bonds is 5. The van der Waals surface area contributed by atoms with Gasteiger partial charge in [0.1, 0.15) is 0 Å². The lowest BCUT2D eigenvalue weighted by Gasteiger charge is -2.19. The van der Waals surface area contributed by atoms with Crippen LogP contribution in [0.2, 0.25) is 0 Å². The van der Waals surface area contributed by atoms with Gasteiger partial charge in [0.05, 0.1) is 13.0 Å². The van der Waals surface area contributed by atoms with Crippen LogP contribution in [-0.4, -0.2) is 54.6 Å². The molecule has 4 nitrogen and oxygen atoms in total. The molecule has 0 radical (unpaired) electrons. The number of likely N-dealkylation sites (N-methyl/N-ethyl adjacent to an activating group) is 1. The lowest BCUT2D eigenvalue weighted by atomic mass is 10.2. The van der Waals surface area contributed by atoms with E-state index >= 15 is 0 Å². The number of carboxylic acids is 1. The summed E-state index contributed by atoms with van der Waals surface area (Å²) in [5.41, 5.74) is 0. The number of alkyl halides is 2. The first-order chi connectivity index (χ1) is 6.89. The van der Waals surface area contributed by atoms with Gasteiger partial charge in [-0.1, -0.05) is 0 Å². The van der Waals surface area contributed by atoms with Gasteiger partial charge in [0.15, 0.2) is 0 Å². The third kappa shape index (κ3) is 4.53. The number of nitrogens with zero attached hydrogens (tertiary/aromatic N) is 1. The van der Waals surface area contributed by atoms with Gasteiger partial charge in [0.25, 0.3) is 5.92 Å². The number of carbonyl (C=O) groups is 1. The van der Waals surface area contributed by atoms with Crippen LogP contribution in [0.3, 0.4) is 0 Å². The van der Waals surface area contributed by atoms with E-state index in [0.29, 0.717) is 13.1 Å². The summed E-state index contributed by atoms with van der Waals surface area (Å²) in [4.78, 5) is 12.0. The summed E-state index contributed by atoms with van der Waals surface area (Å²) in [6.07, 6.45) is -0.121. The van der Waals surface area contributed by atoms with Gasteiger partial charge in [-0.25, -0.2) is 8.78 Å². The third-order valence-electron chi connectivity index (χ3n) is 2.43. The molecular weight excluding hydrogens is 206 g/mol. The van der Waals surface area contributed by atoms with Crippen molar-refractivity contribution in [1.82, 2.24) is 10.2 Å². The van der Waals surface area contributed by atoms with Gasteiger partial charge in [0.2, 0.25) is 0 Å². The third-order valence-corrected chi connectivity index (χ3v) is 2.43. The smallest absolute Gasteiger partial charge is 0.304 e. The summed E-state index contributed by atoms with van der Waals surface area (Å²) in [6, 6.07) is -0.237. The first-order valence-electron chi connectivity index (χ1n) is 4.90. The Morgan fingerprint density at radius 1 is 1.67 bits per heavy atom. The second-order valence-corrected chi connectivity index (χ2v) is 4.04. The summed E-state index contributed by atoms with van der Waals surface area (Å²) in [5.74, 6) is -3.48. The highest BCUT2D eigenvalue weighted by Gasteiger charge is 2.39. The predicted molar refractivity (Wildman–Crippen MR) is 51.1 cm³/mol. The molecule has 1 saturated heterocycles. The lowest BCUT2D eigenvalue weighted by Crippen LogP contribution is -2.36. The van der Waals surface area contributed by atoms with E-state index in [1.165, 1.54) is 0 Å². The standard InChI is InChI=1S/C9H16F2N2O2/c1-13(3-2-8(14)15)5-7-4-9(10,11)6-12-7/h7,12H,2-6H2,1H3,(H,14,15). The number of halogens is 2. The highest BCUT2D eigenvalue weighted by atomic mass is 19.3. The highest BCUT2D eigenvalue weighted by molar-refractivity contribution is 5.66. The van der Waals surface area contributed by atoms with Gasteiger partial charge >= 0.3 is 5.97 Å². The Morgan fingerprint density at radius 3 is 2.80 bits per heavy atom. The largest absolute Gasteiger partial charge is 0.481 e. The van der Waals surface area contributed by atoms with E-state index in [4.69, 9.17) is 5.11 Å². The van der Waals surface area contributed by atoms with E-state index in [-0.39, 0.29) is 25.4 Å². The Morgan fingerprint density at radius 2 is 2.33 bits per heavy atom. The van der Waals surface area contributed by atoms with E-state index in [9.17, 15) is 13.6 Å². The summed E-state index contributed by atoms with van der Waals surface area (Å²) in [5, 5.41) is 11.2. The average Bonchev–Trinajstić information content (AvgIpc) is 2.42. The molecule has 0 aromatic carbocycles. The monoisotopic (exact) mass is 222 g/mol. The number of hydrogen-bond donors (Lipinski definition) is 2. The second kappa shape index (κ2) is 4.85. The Bertz CT molecular complexity index is 236. The fourth-order valence-corrected chi connectivity index (χ4v) is 1.68. The van der Waals surface area contributed by atoms with Crippen LogP contribution in [0.15, 0.2) is 0 Å². The van der Waals surface area contributed by atoms with Crippen molar-refractivity contribution >= 4 is 5.97 Å². The van der Waals surface area contributed by atoms with Gasteiger partial charge in [-0.2, -0.15) is 0 Å². The van der Waals surface area contributed by atoms with E-state index in [0.717, 1.165) is 0 Å². The maximum absolute atomic E-state index is 12.8. The zero-order valence-corrected chi connectivity index (χ0v) is 8.67. The van der Waals surface area contributed by atoms with Crippen molar-refractivity contribution in [3.63, 3.8) is 0 Å². The van der Waals surface area contributed by atoms with Crippen molar-refractivity contribution in [2.75, 3.05) is 26.7 Å². The normalized spacial score (nSPS) is 24.7. The van der Waals surface area contributed by atoms with Gasteiger partial charge in [0, 0.05) is 25.6 Å². The lowest BCUT2D eigenvalue weighted by molar-refractivity contribution is -0.137. The number of hydrogen-bond acceptors (Lipinski definition) is 3. The minimum Gasteiger partial charge on any atom is -0.481 e. The van der Waals surface area contributed by atoms with Gasteiger partial charge in [-0.15, -0.1) is 0 Å². The molecule has 2 N–H and O–H groups in total. The Hall–Kier alpha value is -0.750. The Kier molecular flexibility index (Phi) is 3.98. The molecule has 15 heavy (non-hydrogen) atoms. The van der Waals surface area contributed by atoms with Crippen LogP contribution in [-0.2, 0) is 4.79 Å². The molecular formula is C9H16F2N2O2. The van der Waals surface area contributed by atoms with Crippen LogP contribution in [0.4, 0.5) is 8.78 Å². The van der Waals surface area contributed by atoms with Gasteiger partial charge in [-0.05, 0) is 7.05 Å². The molecule has 0 aromatic rings. The number of aliphatic carboxylic acids is 1. The summed E-state index contributed by atoms with van der Waals surface area (Å²) >= 11 is 0. The molecule has 1 atom stereocenters. The fourth-order valence-electron chi connectivity index (χ4n) is 1.68. The molecule has 0 aromatic heterocycles. The maximum Gasteiger partial charge on any atom is 0.304 e. The fraction of sp³-hybridized carbons (Fsp3) is 0.889. The molecule has 1 unspecified atom stereocenters. The minimum atomic E-state index is -2.61. The van der Waals surface area contributed by atoms with Crippen molar-refractivity contribution in [2.45, 2.75) is 24.8 Å². The highest BCUT2D eigenvalue weighted by Crippen LogP contribution is 2.25. The predicted octanol–water partition coefficient (Wildman–Crippen LogP) is 0.390. The number of nitrogens with one attached hydrogen (secondary N) is 1. The second-order valence-electron chi connectivity index (χ2n) is 4.04. The molecule has 1 fully saturated rings. The minimum absolute atomic E-state index is 0.0413. The van der Waals surface area contributed by atoms with Crippen LogP contribution in [0.25, 0.3) is 0 Å².